The number of piperazine rings is 1. The second-order valence-electron chi connectivity index (χ2n) is 4.31. The SMILES string of the molecule is CC1NC(=O)C(C)N(c2ccc(Br)c(Cl)c2Cl)C1=O. The van der Waals surface area contributed by atoms with Crippen LogP contribution in [0.5, 0.6) is 0 Å². The van der Waals surface area contributed by atoms with Crippen molar-refractivity contribution in [3.05, 3.63) is 26.7 Å². The fourth-order valence-corrected chi connectivity index (χ4v) is 2.80. The van der Waals surface area contributed by atoms with Gasteiger partial charge in [-0.25, -0.2) is 0 Å². The van der Waals surface area contributed by atoms with Crippen LogP contribution >= 0.6 is 39.1 Å². The number of nitrogens with one attached hydrogen (secondary N) is 1. The van der Waals surface area contributed by atoms with Gasteiger partial charge in [-0.05, 0) is 41.9 Å². The minimum atomic E-state index is -0.626. The van der Waals surface area contributed by atoms with Gasteiger partial charge in [-0.15, -0.1) is 0 Å². The summed E-state index contributed by atoms with van der Waals surface area (Å²) in [6.07, 6.45) is 0. The zero-order valence-electron chi connectivity index (χ0n) is 10.2. The normalized spacial score (nSPS) is 23.5. The summed E-state index contributed by atoms with van der Waals surface area (Å²) in [4.78, 5) is 25.4. The molecule has 2 amide bonds. The Morgan fingerprint density at radius 2 is 1.84 bits per heavy atom. The van der Waals surface area contributed by atoms with Gasteiger partial charge in [0, 0.05) is 4.47 Å². The van der Waals surface area contributed by atoms with Crippen molar-refractivity contribution in [3.8, 4) is 0 Å². The first kappa shape index (κ1) is 14.6. The van der Waals surface area contributed by atoms with Crippen LogP contribution in [0, 0.1) is 0 Å². The van der Waals surface area contributed by atoms with Crippen LogP contribution in [-0.4, -0.2) is 23.9 Å². The number of anilines is 1. The average Bonchev–Trinajstić information content (AvgIpc) is 2.36. The highest BCUT2D eigenvalue weighted by atomic mass is 79.9. The summed E-state index contributed by atoms with van der Waals surface area (Å²) in [6.45, 7) is 3.28. The summed E-state index contributed by atoms with van der Waals surface area (Å²) in [5.74, 6) is -0.436. The molecule has 0 aromatic heterocycles. The largest absolute Gasteiger partial charge is 0.343 e. The van der Waals surface area contributed by atoms with Gasteiger partial charge in [0.2, 0.25) is 11.8 Å². The lowest BCUT2D eigenvalue weighted by Gasteiger charge is -2.36. The molecule has 0 saturated carbocycles. The van der Waals surface area contributed by atoms with Crippen molar-refractivity contribution in [1.82, 2.24) is 5.32 Å². The summed E-state index contributed by atoms with van der Waals surface area (Å²) < 4.78 is 0.637. The highest BCUT2D eigenvalue weighted by molar-refractivity contribution is 9.10. The summed E-state index contributed by atoms with van der Waals surface area (Å²) >= 11 is 15.5. The maximum atomic E-state index is 12.2. The molecule has 1 heterocycles. The summed E-state index contributed by atoms with van der Waals surface area (Å²) in [5.41, 5.74) is 0.439. The molecule has 19 heavy (non-hydrogen) atoms. The number of carbonyl (C=O) groups excluding carboxylic acids is 2. The Hall–Kier alpha value is -0.780. The second-order valence-corrected chi connectivity index (χ2v) is 5.92. The predicted octanol–water partition coefficient (Wildman–Crippen LogP) is 3.00. The van der Waals surface area contributed by atoms with Crippen LogP contribution in [0.15, 0.2) is 16.6 Å². The lowest BCUT2D eigenvalue weighted by molar-refractivity contribution is -0.133. The average molecular weight is 366 g/mol. The van der Waals surface area contributed by atoms with Crippen molar-refractivity contribution in [2.45, 2.75) is 25.9 Å². The zero-order valence-corrected chi connectivity index (χ0v) is 13.3. The number of carbonyl (C=O) groups is 2. The molecule has 2 unspecified atom stereocenters. The molecule has 0 spiro atoms. The van der Waals surface area contributed by atoms with Gasteiger partial charge in [0.25, 0.3) is 0 Å². The molecule has 1 aliphatic heterocycles. The zero-order chi connectivity index (χ0) is 14.3. The van der Waals surface area contributed by atoms with Gasteiger partial charge < -0.3 is 5.32 Å². The monoisotopic (exact) mass is 364 g/mol. The van der Waals surface area contributed by atoms with Gasteiger partial charge in [0.15, 0.2) is 0 Å². The van der Waals surface area contributed by atoms with Crippen LogP contribution in [-0.2, 0) is 9.59 Å². The fourth-order valence-electron chi connectivity index (χ4n) is 1.94. The third kappa shape index (κ3) is 2.47. The van der Waals surface area contributed by atoms with E-state index in [4.69, 9.17) is 23.2 Å². The van der Waals surface area contributed by atoms with E-state index in [9.17, 15) is 9.59 Å². The van der Waals surface area contributed by atoms with Crippen LogP contribution in [0.2, 0.25) is 10.0 Å². The molecular weight excluding hydrogens is 355 g/mol. The van der Waals surface area contributed by atoms with Crippen molar-refractivity contribution in [2.24, 2.45) is 0 Å². The number of nitrogens with zero attached hydrogens (tertiary/aromatic N) is 1. The Bertz CT molecular complexity index is 565. The van der Waals surface area contributed by atoms with Crippen molar-refractivity contribution in [3.63, 3.8) is 0 Å². The molecule has 2 atom stereocenters. The van der Waals surface area contributed by atoms with Crippen LogP contribution in [0.3, 0.4) is 0 Å². The lowest BCUT2D eigenvalue weighted by Crippen LogP contribution is -2.61. The molecule has 4 nitrogen and oxygen atoms in total. The van der Waals surface area contributed by atoms with Crippen LogP contribution in [0.4, 0.5) is 5.69 Å². The number of hydrogen-bond acceptors (Lipinski definition) is 2. The number of amides is 2. The van der Waals surface area contributed by atoms with Crippen LogP contribution in [0.25, 0.3) is 0 Å². The maximum Gasteiger partial charge on any atom is 0.250 e. The summed E-state index contributed by atoms with van der Waals surface area (Å²) in [5, 5.41) is 3.17. The van der Waals surface area contributed by atoms with Gasteiger partial charge in [-0.2, -0.15) is 0 Å². The number of rotatable bonds is 1. The topological polar surface area (TPSA) is 49.4 Å². The van der Waals surface area contributed by atoms with Crippen molar-refractivity contribution < 1.29 is 9.59 Å². The molecule has 7 heteroatoms. The predicted molar refractivity (Wildman–Crippen MR) is 78.7 cm³/mol. The van der Waals surface area contributed by atoms with Crippen molar-refractivity contribution in [2.75, 3.05) is 4.90 Å². The molecule has 0 bridgehead atoms. The molecule has 0 radical (unpaired) electrons. The lowest BCUT2D eigenvalue weighted by atomic mass is 10.1. The number of hydrogen-bond donors (Lipinski definition) is 1. The third-order valence-electron chi connectivity index (χ3n) is 3.01. The van der Waals surface area contributed by atoms with Gasteiger partial charge in [0.05, 0.1) is 15.7 Å². The Balaban J connectivity index is 2.53. The van der Waals surface area contributed by atoms with E-state index in [-0.39, 0.29) is 16.8 Å². The van der Waals surface area contributed by atoms with Gasteiger partial charge in [-0.3, -0.25) is 14.5 Å². The second kappa shape index (κ2) is 5.31. The quantitative estimate of drug-likeness (QED) is 0.777. The fraction of sp³-hybridized carbons (Fsp3) is 0.333. The van der Waals surface area contributed by atoms with Gasteiger partial charge in [-0.1, -0.05) is 23.2 Å². The van der Waals surface area contributed by atoms with E-state index in [0.29, 0.717) is 15.2 Å². The number of halogens is 3. The molecule has 1 saturated heterocycles. The van der Waals surface area contributed by atoms with E-state index >= 15 is 0 Å². The standard InChI is InChI=1S/C12H11BrCl2N2O2/c1-5-12(19)17(6(2)11(18)16-5)8-4-3-7(13)9(14)10(8)15/h3-6H,1-2H3,(H,16,18). The molecule has 1 N–H and O–H groups in total. The Kier molecular flexibility index (Phi) is 4.08. The van der Waals surface area contributed by atoms with E-state index < -0.39 is 12.1 Å². The van der Waals surface area contributed by atoms with E-state index in [1.165, 1.54) is 4.90 Å². The molecule has 1 aromatic rings. The van der Waals surface area contributed by atoms with Crippen LogP contribution in [0.1, 0.15) is 13.8 Å². The third-order valence-corrected chi connectivity index (χ3v) is 4.77. The minimum absolute atomic E-state index is 0.215. The first-order valence-corrected chi connectivity index (χ1v) is 7.16. The first-order valence-electron chi connectivity index (χ1n) is 5.61. The molecule has 0 aliphatic carbocycles. The molecule has 102 valence electrons. The maximum absolute atomic E-state index is 12.2. The molecular formula is C12H11BrCl2N2O2. The van der Waals surface area contributed by atoms with Gasteiger partial charge in [0.1, 0.15) is 12.1 Å². The van der Waals surface area contributed by atoms with E-state index in [2.05, 4.69) is 21.2 Å². The molecule has 1 aliphatic rings. The van der Waals surface area contributed by atoms with E-state index in [1.54, 1.807) is 26.0 Å². The highest BCUT2D eigenvalue weighted by Crippen LogP contribution is 2.39. The Labute approximate surface area is 129 Å². The Morgan fingerprint density at radius 1 is 1.21 bits per heavy atom. The van der Waals surface area contributed by atoms with Crippen LogP contribution < -0.4 is 10.2 Å². The first-order chi connectivity index (χ1) is 8.84. The smallest absolute Gasteiger partial charge is 0.250 e. The van der Waals surface area contributed by atoms with Gasteiger partial charge >= 0.3 is 0 Å². The number of benzene rings is 1. The molecule has 2 rings (SSSR count). The van der Waals surface area contributed by atoms with E-state index in [0.717, 1.165) is 0 Å². The van der Waals surface area contributed by atoms with E-state index in [1.807, 2.05) is 0 Å². The van der Waals surface area contributed by atoms with Crippen molar-refractivity contribution in [1.29, 1.82) is 0 Å². The van der Waals surface area contributed by atoms with Crippen molar-refractivity contribution >= 4 is 56.6 Å². The Morgan fingerprint density at radius 3 is 2.47 bits per heavy atom. The summed E-state index contributed by atoms with van der Waals surface area (Å²) in [6, 6.07) is 2.15. The minimum Gasteiger partial charge on any atom is -0.343 e. The summed E-state index contributed by atoms with van der Waals surface area (Å²) in [7, 11) is 0. The highest BCUT2D eigenvalue weighted by Gasteiger charge is 2.37. The molecule has 1 fully saturated rings. The molecule has 1 aromatic carbocycles.